The van der Waals surface area contributed by atoms with Crippen LogP contribution in [0.5, 0.6) is 0 Å². The molecule has 1 rings (SSSR count). The van der Waals surface area contributed by atoms with Crippen LogP contribution in [0.1, 0.15) is 52.4 Å². The molecular formula is C23H39FN4O3. The molecule has 0 spiro atoms. The number of rotatable bonds is 11. The van der Waals surface area contributed by atoms with Crippen molar-refractivity contribution in [3.8, 4) is 0 Å². The number of hydrogen-bond acceptors (Lipinski definition) is 5. The van der Waals surface area contributed by atoms with Gasteiger partial charge in [0.05, 0.1) is 18.7 Å². The highest BCUT2D eigenvalue weighted by atomic mass is 19.1. The average Bonchev–Trinajstić information content (AvgIpc) is 2.76. The third-order valence-corrected chi connectivity index (χ3v) is 5.69. The van der Waals surface area contributed by atoms with E-state index in [0.29, 0.717) is 38.8 Å². The van der Waals surface area contributed by atoms with Crippen LogP contribution in [-0.4, -0.2) is 62.3 Å². The fraction of sp³-hybridized carbons (Fsp3) is 0.652. The highest BCUT2D eigenvalue weighted by Crippen LogP contribution is 2.38. The SMILES string of the molecule is C=C/C=C(/F)N[C@@H](CCC1(C(=O)N(C)C)CCN(C(=O)OC)CC1)N/C(=C/CC)CC. The Kier molecular flexibility index (Phi) is 11.1. The monoisotopic (exact) mass is 438 g/mol. The predicted octanol–water partition coefficient (Wildman–Crippen LogP) is 3.91. The van der Waals surface area contributed by atoms with Crippen molar-refractivity contribution < 1.29 is 18.7 Å². The Morgan fingerprint density at radius 2 is 1.90 bits per heavy atom. The summed E-state index contributed by atoms with van der Waals surface area (Å²) in [4.78, 5) is 28.2. The zero-order valence-electron chi connectivity index (χ0n) is 19.7. The molecule has 8 heteroatoms. The van der Waals surface area contributed by atoms with Gasteiger partial charge < -0.3 is 25.2 Å². The fourth-order valence-electron chi connectivity index (χ4n) is 3.99. The topological polar surface area (TPSA) is 73.9 Å². The van der Waals surface area contributed by atoms with Gasteiger partial charge >= 0.3 is 6.09 Å². The highest BCUT2D eigenvalue weighted by molar-refractivity contribution is 5.82. The summed E-state index contributed by atoms with van der Waals surface area (Å²) in [5.41, 5.74) is 0.426. The first-order valence-electron chi connectivity index (χ1n) is 11.0. The van der Waals surface area contributed by atoms with E-state index < -0.39 is 11.4 Å². The van der Waals surface area contributed by atoms with Gasteiger partial charge in [-0.05, 0) is 44.6 Å². The van der Waals surface area contributed by atoms with Gasteiger partial charge in [-0.15, -0.1) is 0 Å². The van der Waals surface area contributed by atoms with Crippen molar-refractivity contribution in [2.75, 3.05) is 34.3 Å². The van der Waals surface area contributed by atoms with Crippen LogP contribution in [0.25, 0.3) is 0 Å². The maximum atomic E-state index is 14.2. The van der Waals surface area contributed by atoms with Crippen LogP contribution >= 0.6 is 0 Å². The molecule has 31 heavy (non-hydrogen) atoms. The van der Waals surface area contributed by atoms with Gasteiger partial charge in [0.2, 0.25) is 5.91 Å². The zero-order valence-corrected chi connectivity index (χ0v) is 19.7. The molecule has 7 nitrogen and oxygen atoms in total. The summed E-state index contributed by atoms with van der Waals surface area (Å²) in [5.74, 6) is -0.439. The summed E-state index contributed by atoms with van der Waals surface area (Å²) in [6, 6.07) is 0. The number of methoxy groups -OCH3 is 1. The van der Waals surface area contributed by atoms with Crippen molar-refractivity contribution in [2.24, 2.45) is 5.41 Å². The average molecular weight is 439 g/mol. The van der Waals surface area contributed by atoms with Gasteiger partial charge in [-0.1, -0.05) is 32.6 Å². The van der Waals surface area contributed by atoms with E-state index in [1.165, 1.54) is 19.3 Å². The summed E-state index contributed by atoms with van der Waals surface area (Å²) >= 11 is 0. The van der Waals surface area contributed by atoms with Gasteiger partial charge in [0.25, 0.3) is 0 Å². The number of ether oxygens (including phenoxy) is 1. The zero-order chi connectivity index (χ0) is 23.4. The Hall–Kier alpha value is -2.51. The number of nitrogens with zero attached hydrogens (tertiary/aromatic N) is 2. The minimum absolute atomic E-state index is 0.0395. The van der Waals surface area contributed by atoms with Gasteiger partial charge in [-0.3, -0.25) is 4.79 Å². The van der Waals surface area contributed by atoms with Crippen LogP contribution < -0.4 is 10.6 Å². The van der Waals surface area contributed by atoms with Gasteiger partial charge in [0.15, 0.2) is 5.95 Å². The molecule has 1 saturated heterocycles. The lowest BCUT2D eigenvalue weighted by Crippen LogP contribution is -2.51. The first-order valence-corrected chi connectivity index (χ1v) is 11.0. The van der Waals surface area contributed by atoms with Crippen LogP contribution in [-0.2, 0) is 9.53 Å². The molecular weight excluding hydrogens is 399 g/mol. The Labute approximate surface area is 186 Å². The molecule has 0 bridgehead atoms. The third kappa shape index (κ3) is 7.92. The number of allylic oxidation sites excluding steroid dienone is 4. The van der Waals surface area contributed by atoms with Crippen LogP contribution in [0.15, 0.2) is 36.5 Å². The number of likely N-dealkylation sites (tertiary alicyclic amines) is 1. The van der Waals surface area contributed by atoms with E-state index in [2.05, 4.69) is 30.2 Å². The molecule has 1 heterocycles. The smallest absolute Gasteiger partial charge is 0.409 e. The van der Waals surface area contributed by atoms with E-state index in [1.54, 1.807) is 23.9 Å². The number of carbonyl (C=O) groups is 2. The minimum Gasteiger partial charge on any atom is -0.453 e. The molecule has 1 aliphatic rings. The molecule has 0 saturated carbocycles. The van der Waals surface area contributed by atoms with E-state index in [1.807, 2.05) is 6.92 Å². The lowest BCUT2D eigenvalue weighted by Gasteiger charge is -2.42. The Morgan fingerprint density at radius 3 is 2.39 bits per heavy atom. The first kappa shape index (κ1) is 26.5. The summed E-state index contributed by atoms with van der Waals surface area (Å²) in [5, 5.41) is 6.24. The second-order valence-electron chi connectivity index (χ2n) is 8.06. The van der Waals surface area contributed by atoms with Crippen molar-refractivity contribution in [3.63, 3.8) is 0 Å². The lowest BCUT2D eigenvalue weighted by molar-refractivity contribution is -0.143. The molecule has 1 aliphatic heterocycles. The van der Waals surface area contributed by atoms with Crippen LogP contribution in [0.4, 0.5) is 9.18 Å². The van der Waals surface area contributed by atoms with Crippen LogP contribution in [0.2, 0.25) is 0 Å². The van der Waals surface area contributed by atoms with E-state index >= 15 is 0 Å². The third-order valence-electron chi connectivity index (χ3n) is 5.69. The second-order valence-corrected chi connectivity index (χ2v) is 8.06. The Morgan fingerprint density at radius 1 is 1.26 bits per heavy atom. The van der Waals surface area contributed by atoms with Crippen LogP contribution in [0, 0.1) is 5.41 Å². The van der Waals surface area contributed by atoms with Crippen molar-refractivity contribution in [1.29, 1.82) is 0 Å². The number of amides is 2. The molecule has 0 aromatic carbocycles. The number of halogens is 1. The normalized spacial score (nSPS) is 17.5. The fourth-order valence-corrected chi connectivity index (χ4v) is 3.99. The van der Waals surface area contributed by atoms with E-state index in [4.69, 9.17) is 4.74 Å². The molecule has 1 fully saturated rings. The predicted molar refractivity (Wildman–Crippen MR) is 122 cm³/mol. The maximum absolute atomic E-state index is 14.2. The maximum Gasteiger partial charge on any atom is 0.409 e. The number of nitrogens with one attached hydrogen (secondary N) is 2. The van der Waals surface area contributed by atoms with Crippen molar-refractivity contribution >= 4 is 12.0 Å². The lowest BCUT2D eigenvalue weighted by atomic mass is 9.73. The van der Waals surface area contributed by atoms with E-state index in [0.717, 1.165) is 18.5 Å². The molecule has 0 aliphatic carbocycles. The van der Waals surface area contributed by atoms with Gasteiger partial charge in [-0.25, -0.2) is 4.79 Å². The minimum atomic E-state index is -0.602. The summed E-state index contributed by atoms with van der Waals surface area (Å²) < 4.78 is 19.0. The Balaban J connectivity index is 3.02. The Bertz CT molecular complexity index is 668. The first-order chi connectivity index (χ1) is 14.7. The molecule has 0 radical (unpaired) electrons. The van der Waals surface area contributed by atoms with Gasteiger partial charge in [0.1, 0.15) is 0 Å². The van der Waals surface area contributed by atoms with Crippen molar-refractivity contribution in [2.45, 2.75) is 58.5 Å². The molecule has 0 aromatic heterocycles. The molecule has 1 atom stereocenters. The quantitative estimate of drug-likeness (QED) is 0.291. The molecule has 176 valence electrons. The number of carbonyl (C=O) groups excluding carboxylic acids is 2. The van der Waals surface area contributed by atoms with Crippen LogP contribution in [0.3, 0.4) is 0 Å². The summed E-state index contributed by atoms with van der Waals surface area (Å²) in [6.07, 6.45) is 7.87. The van der Waals surface area contributed by atoms with E-state index in [-0.39, 0.29) is 18.2 Å². The second kappa shape index (κ2) is 13.0. The standard InChI is InChI=1S/C23H39FN4O3/c1-7-10-18(9-3)25-20(26-19(24)11-8-2)12-13-23(21(29)27(4)5)14-16-28(17-15-23)22(30)31-6/h8,10-11,20,25-26H,2,7,9,12-17H2,1,3-6H3/b18-10+,19-11-/t20-/m0/s1. The van der Waals surface area contributed by atoms with Gasteiger partial charge in [-0.2, -0.15) is 4.39 Å². The number of piperidine rings is 1. The van der Waals surface area contributed by atoms with E-state index in [9.17, 15) is 14.0 Å². The molecule has 2 N–H and O–H groups in total. The molecule has 0 aromatic rings. The van der Waals surface area contributed by atoms with Crippen molar-refractivity contribution in [1.82, 2.24) is 20.4 Å². The largest absolute Gasteiger partial charge is 0.453 e. The number of hydrogen-bond donors (Lipinski definition) is 2. The molecule has 2 amide bonds. The molecule has 0 unspecified atom stereocenters. The van der Waals surface area contributed by atoms with Crippen molar-refractivity contribution in [3.05, 3.63) is 36.5 Å². The van der Waals surface area contributed by atoms with Gasteiger partial charge in [0, 0.05) is 32.9 Å². The summed E-state index contributed by atoms with van der Waals surface area (Å²) in [6.45, 7) is 8.54. The highest BCUT2D eigenvalue weighted by Gasteiger charge is 2.43. The summed E-state index contributed by atoms with van der Waals surface area (Å²) in [7, 11) is 4.85.